The summed E-state index contributed by atoms with van der Waals surface area (Å²) in [5.41, 5.74) is 13.3. The highest BCUT2D eigenvalue weighted by Gasteiger charge is 2.31. The van der Waals surface area contributed by atoms with Gasteiger partial charge >= 0.3 is 0 Å². The Labute approximate surface area is 116 Å². The molecule has 0 aliphatic carbocycles. The summed E-state index contributed by atoms with van der Waals surface area (Å²) in [5.74, 6) is -0.260. The molecule has 6 nitrogen and oxygen atoms in total. The average molecular weight is 281 g/mol. The molecule has 1 aromatic heterocycles. The summed E-state index contributed by atoms with van der Waals surface area (Å²) in [6.45, 7) is 4.40. The van der Waals surface area contributed by atoms with E-state index in [1.165, 1.54) is 0 Å². The van der Waals surface area contributed by atoms with Gasteiger partial charge in [-0.2, -0.15) is 0 Å². The summed E-state index contributed by atoms with van der Waals surface area (Å²) in [6.07, 6.45) is 0.725. The van der Waals surface area contributed by atoms with Crippen LogP contribution in [0.2, 0.25) is 0 Å². The van der Waals surface area contributed by atoms with Gasteiger partial charge in [-0.25, -0.2) is 4.99 Å². The number of nitrogens with two attached hydrogens (primary N) is 2. The van der Waals surface area contributed by atoms with Crippen LogP contribution in [0.5, 0.6) is 0 Å². The van der Waals surface area contributed by atoms with E-state index in [9.17, 15) is 0 Å². The summed E-state index contributed by atoms with van der Waals surface area (Å²) in [6, 6.07) is 2.00. The zero-order chi connectivity index (χ0) is 13.3. The number of aliphatic imine (C=N–C) groups is 1. The number of rotatable bonds is 3. The second kappa shape index (κ2) is 5.09. The van der Waals surface area contributed by atoms with Gasteiger partial charge in [-0.05, 0) is 11.4 Å². The van der Waals surface area contributed by atoms with Crippen LogP contribution in [0, 0.1) is 0 Å². The van der Waals surface area contributed by atoms with Crippen molar-refractivity contribution in [1.82, 2.24) is 4.90 Å². The van der Waals surface area contributed by atoms with E-state index in [0.717, 1.165) is 49.8 Å². The van der Waals surface area contributed by atoms with Gasteiger partial charge in [0.15, 0.2) is 5.79 Å². The minimum absolute atomic E-state index is 0.535. The fraction of sp³-hybridized carbons (Fsp3) is 0.583. The van der Waals surface area contributed by atoms with Gasteiger partial charge in [0.05, 0.1) is 23.8 Å². The zero-order valence-electron chi connectivity index (χ0n) is 10.8. The molecule has 1 saturated heterocycles. The lowest BCUT2D eigenvalue weighted by Gasteiger charge is -2.34. The van der Waals surface area contributed by atoms with Crippen LogP contribution in [-0.4, -0.2) is 49.4 Å². The molecule has 0 amide bonds. The van der Waals surface area contributed by atoms with E-state index in [4.69, 9.17) is 16.2 Å². The van der Waals surface area contributed by atoms with E-state index in [-0.39, 0.29) is 0 Å². The third-order valence-electron chi connectivity index (χ3n) is 3.48. The van der Waals surface area contributed by atoms with Crippen molar-refractivity contribution in [2.75, 3.05) is 38.2 Å². The molecule has 0 bridgehead atoms. The average Bonchev–Trinajstić information content (AvgIpc) is 2.86. The zero-order valence-corrected chi connectivity index (χ0v) is 11.6. The molecular weight excluding hydrogens is 262 g/mol. The smallest absolute Gasteiger partial charge is 0.185 e. The maximum absolute atomic E-state index is 6.31. The van der Waals surface area contributed by atoms with Crippen molar-refractivity contribution in [3.8, 4) is 0 Å². The number of morpholine rings is 1. The molecule has 1 aromatic rings. The molecule has 19 heavy (non-hydrogen) atoms. The summed E-state index contributed by atoms with van der Waals surface area (Å²) in [5, 5.41) is 5.28. The number of hydrogen-bond donors (Lipinski definition) is 3. The quantitative estimate of drug-likeness (QED) is 0.737. The SMILES string of the molecule is NC1=NC(N)(CCN2CCOCC2)Nc2ccsc21. The van der Waals surface area contributed by atoms with Gasteiger partial charge in [0.2, 0.25) is 0 Å². The summed E-state index contributed by atoms with van der Waals surface area (Å²) in [4.78, 5) is 7.75. The maximum atomic E-state index is 6.31. The summed E-state index contributed by atoms with van der Waals surface area (Å²) >= 11 is 1.58. The topological polar surface area (TPSA) is 88.9 Å². The van der Waals surface area contributed by atoms with E-state index in [1.54, 1.807) is 11.3 Å². The van der Waals surface area contributed by atoms with Crippen molar-refractivity contribution < 1.29 is 4.74 Å². The van der Waals surface area contributed by atoms with Crippen LogP contribution in [0.1, 0.15) is 11.3 Å². The Bertz CT molecular complexity index is 482. The molecular formula is C12H19N5OS. The summed E-state index contributed by atoms with van der Waals surface area (Å²) < 4.78 is 5.34. The lowest BCUT2D eigenvalue weighted by Crippen LogP contribution is -2.52. The molecule has 3 heterocycles. The van der Waals surface area contributed by atoms with E-state index >= 15 is 0 Å². The predicted molar refractivity (Wildman–Crippen MR) is 77.5 cm³/mol. The van der Waals surface area contributed by atoms with Crippen LogP contribution < -0.4 is 16.8 Å². The third-order valence-corrected chi connectivity index (χ3v) is 4.42. The largest absolute Gasteiger partial charge is 0.383 e. The van der Waals surface area contributed by atoms with E-state index in [2.05, 4.69) is 15.2 Å². The Morgan fingerprint density at radius 3 is 3.05 bits per heavy atom. The van der Waals surface area contributed by atoms with Crippen LogP contribution in [0.3, 0.4) is 0 Å². The molecule has 0 spiro atoms. The molecule has 1 atom stereocenters. The standard InChI is InChI=1S/C12H19N5OS/c13-11-10-9(1-8-19-10)15-12(14,16-11)2-3-17-4-6-18-7-5-17/h1,8,15H,2-7,14H2,(H2,13,16). The molecule has 0 radical (unpaired) electrons. The Kier molecular flexibility index (Phi) is 3.44. The molecule has 2 aliphatic rings. The van der Waals surface area contributed by atoms with Crippen molar-refractivity contribution in [2.24, 2.45) is 16.5 Å². The van der Waals surface area contributed by atoms with E-state index in [0.29, 0.717) is 5.84 Å². The highest BCUT2D eigenvalue weighted by Crippen LogP contribution is 2.30. The highest BCUT2D eigenvalue weighted by molar-refractivity contribution is 7.12. The van der Waals surface area contributed by atoms with Crippen LogP contribution in [0.15, 0.2) is 16.4 Å². The van der Waals surface area contributed by atoms with Gasteiger partial charge < -0.3 is 15.8 Å². The minimum Gasteiger partial charge on any atom is -0.383 e. The number of thiophene rings is 1. The van der Waals surface area contributed by atoms with Gasteiger partial charge in [0.25, 0.3) is 0 Å². The van der Waals surface area contributed by atoms with Crippen LogP contribution in [-0.2, 0) is 4.74 Å². The minimum atomic E-state index is -0.795. The Morgan fingerprint density at radius 2 is 2.26 bits per heavy atom. The number of ether oxygens (including phenoxy) is 1. The molecule has 1 unspecified atom stereocenters. The molecule has 0 saturated carbocycles. The summed E-state index contributed by atoms with van der Waals surface area (Å²) in [7, 11) is 0. The normalized spacial score (nSPS) is 27.5. The van der Waals surface area contributed by atoms with Crippen molar-refractivity contribution in [2.45, 2.75) is 12.2 Å². The Morgan fingerprint density at radius 1 is 1.47 bits per heavy atom. The lowest BCUT2D eigenvalue weighted by atomic mass is 10.1. The van der Waals surface area contributed by atoms with Crippen molar-refractivity contribution in [3.05, 3.63) is 16.3 Å². The molecule has 7 heteroatoms. The first-order chi connectivity index (χ1) is 9.16. The fourth-order valence-corrected chi connectivity index (χ4v) is 3.16. The van der Waals surface area contributed by atoms with Crippen molar-refractivity contribution >= 4 is 22.9 Å². The van der Waals surface area contributed by atoms with E-state index in [1.807, 2.05) is 11.4 Å². The number of anilines is 1. The first-order valence-electron chi connectivity index (χ1n) is 6.47. The second-order valence-corrected chi connectivity index (χ2v) is 5.83. The number of fused-ring (bicyclic) bond motifs is 1. The maximum Gasteiger partial charge on any atom is 0.185 e. The van der Waals surface area contributed by atoms with Crippen LogP contribution in [0.4, 0.5) is 5.69 Å². The van der Waals surface area contributed by atoms with Crippen LogP contribution >= 0.6 is 11.3 Å². The second-order valence-electron chi connectivity index (χ2n) is 4.91. The van der Waals surface area contributed by atoms with Crippen LogP contribution in [0.25, 0.3) is 0 Å². The number of nitrogens with one attached hydrogen (secondary N) is 1. The van der Waals surface area contributed by atoms with Gasteiger partial charge in [-0.15, -0.1) is 11.3 Å². The van der Waals surface area contributed by atoms with E-state index < -0.39 is 5.79 Å². The Balaban J connectivity index is 1.65. The first kappa shape index (κ1) is 12.9. The monoisotopic (exact) mass is 281 g/mol. The number of amidine groups is 1. The molecule has 104 valence electrons. The third kappa shape index (κ3) is 2.74. The van der Waals surface area contributed by atoms with Gasteiger partial charge in [0.1, 0.15) is 5.84 Å². The van der Waals surface area contributed by atoms with Gasteiger partial charge in [-0.3, -0.25) is 10.6 Å². The number of hydrogen-bond acceptors (Lipinski definition) is 7. The first-order valence-corrected chi connectivity index (χ1v) is 7.35. The lowest BCUT2D eigenvalue weighted by molar-refractivity contribution is 0.0352. The number of nitrogens with zero attached hydrogens (tertiary/aromatic N) is 2. The van der Waals surface area contributed by atoms with Crippen molar-refractivity contribution in [3.63, 3.8) is 0 Å². The molecule has 5 N–H and O–H groups in total. The van der Waals surface area contributed by atoms with Gasteiger partial charge in [0, 0.05) is 26.1 Å². The Hall–Kier alpha value is -1.15. The van der Waals surface area contributed by atoms with Gasteiger partial charge in [-0.1, -0.05) is 0 Å². The fourth-order valence-electron chi connectivity index (χ4n) is 2.40. The molecule has 1 fully saturated rings. The predicted octanol–water partition coefficient (Wildman–Crippen LogP) is 0.214. The van der Waals surface area contributed by atoms with Crippen molar-refractivity contribution in [1.29, 1.82) is 0 Å². The molecule has 0 aromatic carbocycles. The molecule has 3 rings (SSSR count). The highest BCUT2D eigenvalue weighted by atomic mass is 32.1. The molecule has 2 aliphatic heterocycles.